The van der Waals surface area contributed by atoms with Crippen LogP contribution in [-0.2, 0) is 9.53 Å². The van der Waals surface area contributed by atoms with Crippen LogP contribution in [0.2, 0.25) is 0 Å². The molecule has 0 aromatic carbocycles. The van der Waals surface area contributed by atoms with Crippen molar-refractivity contribution in [3.8, 4) is 0 Å². The summed E-state index contributed by atoms with van der Waals surface area (Å²) in [5.74, 6) is -0.435. The second-order valence-electron chi connectivity index (χ2n) is 3.58. The van der Waals surface area contributed by atoms with Gasteiger partial charge in [-0.15, -0.1) is 0 Å². The van der Waals surface area contributed by atoms with Gasteiger partial charge in [0.25, 0.3) is 0 Å². The van der Waals surface area contributed by atoms with E-state index in [9.17, 15) is 18.0 Å². The third-order valence-electron chi connectivity index (χ3n) is 2.52. The van der Waals surface area contributed by atoms with Crippen LogP contribution in [0.3, 0.4) is 0 Å². The third kappa shape index (κ3) is 3.70. The number of methoxy groups -OCH3 is 1. The summed E-state index contributed by atoms with van der Waals surface area (Å²) in [7, 11) is 1.25. The molecule has 15 heavy (non-hydrogen) atoms. The Hall–Kier alpha value is -0.780. The maximum atomic E-state index is 12.0. The molecule has 6 heteroatoms. The molecule has 1 aliphatic heterocycles. The molecule has 1 aliphatic rings. The minimum atomic E-state index is -4.16. The molecular weight excluding hydrogens is 211 g/mol. The van der Waals surface area contributed by atoms with Crippen molar-refractivity contribution in [2.24, 2.45) is 0 Å². The van der Waals surface area contributed by atoms with E-state index in [1.165, 1.54) is 7.11 Å². The summed E-state index contributed by atoms with van der Waals surface area (Å²) in [6, 6.07) is -0.489. The molecule has 0 amide bonds. The summed E-state index contributed by atoms with van der Waals surface area (Å²) >= 11 is 0. The highest BCUT2D eigenvalue weighted by Crippen LogP contribution is 2.24. The van der Waals surface area contributed by atoms with Crippen molar-refractivity contribution in [3.63, 3.8) is 0 Å². The maximum Gasteiger partial charge on any atom is 0.390 e. The van der Waals surface area contributed by atoms with Gasteiger partial charge in [-0.1, -0.05) is 0 Å². The Morgan fingerprint density at radius 2 is 2.20 bits per heavy atom. The Bertz CT molecular complexity index is 230. The number of likely N-dealkylation sites (tertiary alicyclic amines) is 1. The van der Waals surface area contributed by atoms with Gasteiger partial charge in [-0.3, -0.25) is 9.69 Å². The Kier molecular flexibility index (Phi) is 3.96. The van der Waals surface area contributed by atoms with E-state index in [4.69, 9.17) is 0 Å². The lowest BCUT2D eigenvalue weighted by Crippen LogP contribution is -2.38. The zero-order valence-electron chi connectivity index (χ0n) is 8.51. The van der Waals surface area contributed by atoms with Gasteiger partial charge >= 0.3 is 12.1 Å². The maximum absolute atomic E-state index is 12.0. The summed E-state index contributed by atoms with van der Waals surface area (Å²) in [6.45, 7) is 0.416. The van der Waals surface area contributed by atoms with Crippen LogP contribution in [0.25, 0.3) is 0 Å². The third-order valence-corrected chi connectivity index (χ3v) is 2.52. The number of carbonyl (C=O) groups excluding carboxylic acids is 1. The Morgan fingerprint density at radius 1 is 1.53 bits per heavy atom. The lowest BCUT2D eigenvalue weighted by atomic mass is 10.2. The first-order chi connectivity index (χ1) is 6.94. The molecule has 0 saturated carbocycles. The Labute approximate surface area is 86.2 Å². The number of hydrogen-bond acceptors (Lipinski definition) is 3. The van der Waals surface area contributed by atoms with Crippen LogP contribution in [-0.4, -0.2) is 43.3 Å². The van der Waals surface area contributed by atoms with Gasteiger partial charge in [-0.2, -0.15) is 13.2 Å². The lowest BCUT2D eigenvalue weighted by molar-refractivity contribution is -0.150. The zero-order chi connectivity index (χ0) is 11.5. The Morgan fingerprint density at radius 3 is 2.73 bits per heavy atom. The lowest BCUT2D eigenvalue weighted by Gasteiger charge is -2.22. The molecule has 0 aromatic rings. The molecule has 0 radical (unpaired) electrons. The fourth-order valence-electron chi connectivity index (χ4n) is 1.77. The van der Waals surface area contributed by atoms with Crippen LogP contribution >= 0.6 is 0 Å². The molecule has 1 rings (SSSR count). The van der Waals surface area contributed by atoms with Crippen LogP contribution < -0.4 is 0 Å². The Balaban J connectivity index is 2.43. The minimum absolute atomic E-state index is 0.122. The fourth-order valence-corrected chi connectivity index (χ4v) is 1.77. The second kappa shape index (κ2) is 4.83. The van der Waals surface area contributed by atoms with E-state index in [1.54, 1.807) is 4.90 Å². The number of nitrogens with zero attached hydrogens (tertiary/aromatic N) is 1. The van der Waals surface area contributed by atoms with Crippen molar-refractivity contribution in [2.75, 3.05) is 20.2 Å². The molecule has 0 bridgehead atoms. The van der Waals surface area contributed by atoms with Crippen molar-refractivity contribution < 1.29 is 22.7 Å². The van der Waals surface area contributed by atoms with Gasteiger partial charge in [0.15, 0.2) is 0 Å². The van der Waals surface area contributed by atoms with Crippen molar-refractivity contribution in [3.05, 3.63) is 0 Å². The normalized spacial score (nSPS) is 23.1. The monoisotopic (exact) mass is 225 g/mol. The SMILES string of the molecule is COC(=O)C1CCCN1CCC(F)(F)F. The van der Waals surface area contributed by atoms with Crippen LogP contribution in [0.15, 0.2) is 0 Å². The predicted molar refractivity (Wildman–Crippen MR) is 47.3 cm³/mol. The average Bonchev–Trinajstić information content (AvgIpc) is 2.60. The number of hydrogen-bond donors (Lipinski definition) is 0. The van der Waals surface area contributed by atoms with Gasteiger partial charge in [0.2, 0.25) is 0 Å². The van der Waals surface area contributed by atoms with Crippen molar-refractivity contribution in [2.45, 2.75) is 31.5 Å². The van der Waals surface area contributed by atoms with Gasteiger partial charge in [0.1, 0.15) is 6.04 Å². The first-order valence-corrected chi connectivity index (χ1v) is 4.82. The van der Waals surface area contributed by atoms with E-state index in [2.05, 4.69) is 4.74 Å². The molecule has 1 fully saturated rings. The molecular formula is C9H14F3NO2. The molecule has 0 N–H and O–H groups in total. The van der Waals surface area contributed by atoms with Gasteiger partial charge in [-0.25, -0.2) is 0 Å². The van der Waals surface area contributed by atoms with Gasteiger partial charge < -0.3 is 4.74 Å². The molecule has 0 aromatic heterocycles. The fraction of sp³-hybridized carbons (Fsp3) is 0.889. The number of halogens is 3. The van der Waals surface area contributed by atoms with E-state index in [1.807, 2.05) is 0 Å². The molecule has 88 valence electrons. The number of ether oxygens (including phenoxy) is 1. The number of carbonyl (C=O) groups is 1. The molecule has 1 unspecified atom stereocenters. The first-order valence-electron chi connectivity index (χ1n) is 4.82. The van der Waals surface area contributed by atoms with Crippen LogP contribution in [0.5, 0.6) is 0 Å². The standard InChI is InChI=1S/C9H14F3NO2/c1-15-8(14)7-3-2-5-13(7)6-4-9(10,11)12/h7H,2-6H2,1H3. The molecule has 0 spiro atoms. The number of esters is 1. The quantitative estimate of drug-likeness (QED) is 0.683. The molecule has 0 aliphatic carbocycles. The highest BCUT2D eigenvalue weighted by molar-refractivity contribution is 5.75. The van der Waals surface area contributed by atoms with E-state index >= 15 is 0 Å². The highest BCUT2D eigenvalue weighted by atomic mass is 19.4. The van der Waals surface area contributed by atoms with E-state index < -0.39 is 24.6 Å². The van der Waals surface area contributed by atoms with E-state index in [0.29, 0.717) is 13.0 Å². The first kappa shape index (κ1) is 12.3. The second-order valence-corrected chi connectivity index (χ2v) is 3.58. The summed E-state index contributed by atoms with van der Waals surface area (Å²) in [4.78, 5) is 12.7. The summed E-state index contributed by atoms with van der Waals surface area (Å²) in [5.41, 5.74) is 0. The van der Waals surface area contributed by atoms with Crippen LogP contribution in [0.4, 0.5) is 13.2 Å². The van der Waals surface area contributed by atoms with E-state index in [0.717, 1.165) is 6.42 Å². The van der Waals surface area contributed by atoms with Gasteiger partial charge in [0.05, 0.1) is 13.5 Å². The zero-order valence-corrected chi connectivity index (χ0v) is 8.51. The van der Waals surface area contributed by atoms with Gasteiger partial charge in [0, 0.05) is 6.54 Å². The number of rotatable bonds is 3. The smallest absolute Gasteiger partial charge is 0.390 e. The van der Waals surface area contributed by atoms with Crippen LogP contribution in [0.1, 0.15) is 19.3 Å². The van der Waals surface area contributed by atoms with Crippen molar-refractivity contribution in [1.29, 1.82) is 0 Å². The molecule has 1 heterocycles. The molecule has 3 nitrogen and oxygen atoms in total. The summed E-state index contributed by atoms with van der Waals surface area (Å²) in [5, 5.41) is 0. The largest absolute Gasteiger partial charge is 0.468 e. The average molecular weight is 225 g/mol. The minimum Gasteiger partial charge on any atom is -0.468 e. The topological polar surface area (TPSA) is 29.5 Å². The highest BCUT2D eigenvalue weighted by Gasteiger charge is 2.35. The molecule has 1 atom stereocenters. The van der Waals surface area contributed by atoms with Crippen molar-refractivity contribution >= 4 is 5.97 Å². The summed E-state index contributed by atoms with van der Waals surface area (Å²) in [6.07, 6.45) is -3.70. The predicted octanol–water partition coefficient (Wildman–Crippen LogP) is 1.58. The number of alkyl halides is 3. The summed E-state index contributed by atoms with van der Waals surface area (Å²) < 4.78 is 40.5. The molecule has 1 saturated heterocycles. The van der Waals surface area contributed by atoms with E-state index in [-0.39, 0.29) is 6.54 Å². The van der Waals surface area contributed by atoms with Crippen LogP contribution in [0, 0.1) is 0 Å². The van der Waals surface area contributed by atoms with Crippen molar-refractivity contribution in [1.82, 2.24) is 4.90 Å². The van der Waals surface area contributed by atoms with Gasteiger partial charge in [-0.05, 0) is 19.4 Å².